The van der Waals surface area contributed by atoms with Gasteiger partial charge in [0.15, 0.2) is 0 Å². The van der Waals surface area contributed by atoms with Gasteiger partial charge in [-0.3, -0.25) is 14.7 Å². The minimum atomic E-state index is -0.0338. The van der Waals surface area contributed by atoms with E-state index in [-0.39, 0.29) is 11.9 Å². The molecule has 3 aliphatic heterocycles. The van der Waals surface area contributed by atoms with E-state index in [9.17, 15) is 4.79 Å². The van der Waals surface area contributed by atoms with Gasteiger partial charge in [-0.1, -0.05) is 30.3 Å². The van der Waals surface area contributed by atoms with Gasteiger partial charge in [-0.15, -0.1) is 0 Å². The molecule has 1 amide bonds. The maximum absolute atomic E-state index is 13.2. The van der Waals surface area contributed by atoms with Gasteiger partial charge in [-0.05, 0) is 80.2 Å². The first kappa shape index (κ1) is 19.8. The number of aromatic nitrogens is 1. The highest BCUT2D eigenvalue weighted by molar-refractivity contribution is 5.94. The van der Waals surface area contributed by atoms with Gasteiger partial charge in [0.25, 0.3) is 5.91 Å². The van der Waals surface area contributed by atoms with Gasteiger partial charge in [0.05, 0.1) is 0 Å². The number of hydrogen-bond acceptors (Lipinski definition) is 4. The number of amides is 1. The van der Waals surface area contributed by atoms with Gasteiger partial charge in [0.2, 0.25) is 0 Å². The number of rotatable bonds is 6. The number of pyridine rings is 1. The van der Waals surface area contributed by atoms with Gasteiger partial charge in [-0.25, -0.2) is 0 Å². The highest BCUT2D eigenvalue weighted by Crippen LogP contribution is 2.34. The van der Waals surface area contributed by atoms with Crippen LogP contribution < -0.4 is 10.1 Å². The summed E-state index contributed by atoms with van der Waals surface area (Å²) in [6.07, 6.45) is 6.94. The van der Waals surface area contributed by atoms with Crippen molar-refractivity contribution in [2.45, 2.75) is 31.3 Å². The second-order valence-electron chi connectivity index (χ2n) is 8.45. The molecule has 5 heteroatoms. The van der Waals surface area contributed by atoms with Crippen molar-refractivity contribution in [1.82, 2.24) is 15.2 Å². The second-order valence-corrected chi connectivity index (χ2v) is 8.45. The molecular weight excluding hydrogens is 386 g/mol. The normalized spacial score (nSPS) is 24.5. The van der Waals surface area contributed by atoms with E-state index in [0.29, 0.717) is 23.3 Å². The van der Waals surface area contributed by atoms with Crippen LogP contribution in [-0.4, -0.2) is 41.0 Å². The topological polar surface area (TPSA) is 54.5 Å². The van der Waals surface area contributed by atoms with Crippen LogP contribution in [0.15, 0.2) is 79.1 Å². The lowest BCUT2D eigenvalue weighted by Crippen LogP contribution is -2.64. The molecule has 0 spiro atoms. The Labute approximate surface area is 183 Å². The summed E-state index contributed by atoms with van der Waals surface area (Å²) in [7, 11) is 0. The van der Waals surface area contributed by atoms with Crippen molar-refractivity contribution in [2.75, 3.05) is 13.1 Å². The Kier molecular flexibility index (Phi) is 5.67. The van der Waals surface area contributed by atoms with Crippen LogP contribution in [0, 0.1) is 5.92 Å². The Morgan fingerprint density at radius 3 is 2.58 bits per heavy atom. The van der Waals surface area contributed by atoms with E-state index in [1.165, 1.54) is 5.56 Å². The molecule has 3 fully saturated rings. The Bertz CT molecular complexity index is 1020. The molecule has 3 aliphatic rings. The Morgan fingerprint density at radius 2 is 1.81 bits per heavy atom. The van der Waals surface area contributed by atoms with Crippen molar-refractivity contribution < 1.29 is 9.53 Å². The first-order valence-corrected chi connectivity index (χ1v) is 11.0. The number of benzene rings is 2. The highest BCUT2D eigenvalue weighted by Gasteiger charge is 2.42. The number of nitrogens with one attached hydrogen (secondary N) is 1. The fourth-order valence-electron chi connectivity index (χ4n) is 4.94. The summed E-state index contributed by atoms with van der Waals surface area (Å²) in [5, 5.41) is 3.37. The van der Waals surface area contributed by atoms with Crippen molar-refractivity contribution >= 4 is 5.91 Å². The number of para-hydroxylation sites is 1. The largest absolute Gasteiger partial charge is 0.457 e. The third kappa shape index (κ3) is 4.47. The first-order chi connectivity index (χ1) is 15.3. The number of carbonyl (C=O) groups excluding carboxylic acids is 1. The lowest BCUT2D eigenvalue weighted by Gasteiger charge is -2.51. The molecule has 2 bridgehead atoms. The van der Waals surface area contributed by atoms with Gasteiger partial charge < -0.3 is 10.1 Å². The number of piperidine rings is 3. The molecule has 158 valence electrons. The van der Waals surface area contributed by atoms with Crippen LogP contribution >= 0.6 is 0 Å². The predicted octanol–water partition coefficient (Wildman–Crippen LogP) is 4.31. The second kappa shape index (κ2) is 8.90. The van der Waals surface area contributed by atoms with E-state index in [1.54, 1.807) is 6.20 Å². The van der Waals surface area contributed by atoms with E-state index >= 15 is 0 Å². The molecule has 3 saturated heterocycles. The zero-order valence-electron chi connectivity index (χ0n) is 17.5. The smallest absolute Gasteiger partial charge is 0.251 e. The van der Waals surface area contributed by atoms with E-state index in [2.05, 4.69) is 21.3 Å². The standard InChI is InChI=1S/C26H27N3O2/c30-26(21-7-4-10-23(17-21)31-22-8-2-1-3-9-22)28-25-20-11-14-29(15-12-20)24(25)16-19-6-5-13-27-18-19/h1-10,13,17-18,20,24-25H,11-12,14-16H2,(H,28,30). The van der Waals surface area contributed by atoms with E-state index in [1.807, 2.05) is 66.9 Å². The molecule has 2 atom stereocenters. The van der Waals surface area contributed by atoms with Crippen LogP contribution in [0.4, 0.5) is 0 Å². The summed E-state index contributed by atoms with van der Waals surface area (Å²) in [5.74, 6) is 1.92. The Hall–Kier alpha value is -3.18. The van der Waals surface area contributed by atoms with Gasteiger partial charge in [-0.2, -0.15) is 0 Å². The van der Waals surface area contributed by atoms with Gasteiger partial charge in [0, 0.05) is 30.0 Å². The summed E-state index contributed by atoms with van der Waals surface area (Å²) in [5.41, 5.74) is 1.85. The Morgan fingerprint density at radius 1 is 1.00 bits per heavy atom. The average molecular weight is 414 g/mol. The average Bonchev–Trinajstić information content (AvgIpc) is 2.83. The number of carbonyl (C=O) groups is 1. The van der Waals surface area contributed by atoms with E-state index in [0.717, 1.165) is 38.1 Å². The van der Waals surface area contributed by atoms with E-state index in [4.69, 9.17) is 4.74 Å². The molecular formula is C26H27N3O2. The lowest BCUT2D eigenvalue weighted by atomic mass is 9.76. The van der Waals surface area contributed by atoms with Crippen LogP contribution in [0.25, 0.3) is 0 Å². The molecule has 0 radical (unpaired) electrons. The molecule has 3 aromatic rings. The monoisotopic (exact) mass is 413 g/mol. The molecule has 2 aromatic carbocycles. The fourth-order valence-corrected chi connectivity index (χ4v) is 4.94. The van der Waals surface area contributed by atoms with Crippen LogP contribution in [0.5, 0.6) is 11.5 Å². The summed E-state index contributed by atoms with van der Waals surface area (Å²) in [4.78, 5) is 20.0. The van der Waals surface area contributed by atoms with Crippen molar-refractivity contribution in [3.05, 3.63) is 90.3 Å². The maximum Gasteiger partial charge on any atom is 0.251 e. The Balaban J connectivity index is 1.32. The van der Waals surface area contributed by atoms with Crippen molar-refractivity contribution in [3.8, 4) is 11.5 Å². The molecule has 5 nitrogen and oxygen atoms in total. The third-order valence-corrected chi connectivity index (χ3v) is 6.51. The molecule has 0 aliphatic carbocycles. The summed E-state index contributed by atoms with van der Waals surface area (Å²) < 4.78 is 5.91. The zero-order valence-corrected chi connectivity index (χ0v) is 17.5. The minimum Gasteiger partial charge on any atom is -0.457 e. The van der Waals surface area contributed by atoms with E-state index < -0.39 is 0 Å². The molecule has 1 N–H and O–H groups in total. The molecule has 2 unspecified atom stereocenters. The predicted molar refractivity (Wildman–Crippen MR) is 120 cm³/mol. The van der Waals surface area contributed by atoms with Crippen LogP contribution in [0.2, 0.25) is 0 Å². The fraction of sp³-hybridized carbons (Fsp3) is 0.308. The minimum absolute atomic E-state index is 0.0338. The number of nitrogens with zero attached hydrogens (tertiary/aromatic N) is 2. The number of hydrogen-bond donors (Lipinski definition) is 1. The zero-order chi connectivity index (χ0) is 21.0. The summed E-state index contributed by atoms with van der Waals surface area (Å²) in [6, 6.07) is 21.6. The van der Waals surface area contributed by atoms with Crippen LogP contribution in [0.3, 0.4) is 0 Å². The first-order valence-electron chi connectivity index (χ1n) is 11.0. The van der Waals surface area contributed by atoms with Crippen LogP contribution in [0.1, 0.15) is 28.8 Å². The number of ether oxygens (including phenoxy) is 1. The lowest BCUT2D eigenvalue weighted by molar-refractivity contribution is 0.0136. The van der Waals surface area contributed by atoms with Crippen molar-refractivity contribution in [1.29, 1.82) is 0 Å². The molecule has 4 heterocycles. The molecule has 1 aromatic heterocycles. The summed E-state index contributed by atoms with van der Waals surface area (Å²) >= 11 is 0. The molecule has 31 heavy (non-hydrogen) atoms. The molecule has 0 saturated carbocycles. The third-order valence-electron chi connectivity index (χ3n) is 6.51. The van der Waals surface area contributed by atoms with Gasteiger partial charge in [0.1, 0.15) is 11.5 Å². The summed E-state index contributed by atoms with van der Waals surface area (Å²) in [6.45, 7) is 2.23. The van der Waals surface area contributed by atoms with Gasteiger partial charge >= 0.3 is 0 Å². The van der Waals surface area contributed by atoms with Crippen molar-refractivity contribution in [2.24, 2.45) is 5.92 Å². The van der Waals surface area contributed by atoms with Crippen molar-refractivity contribution in [3.63, 3.8) is 0 Å². The molecule has 6 rings (SSSR count). The maximum atomic E-state index is 13.2. The quantitative estimate of drug-likeness (QED) is 0.654. The number of fused-ring (bicyclic) bond motifs is 3. The SMILES string of the molecule is O=C(NC1C2CCN(CC2)C1Cc1cccnc1)c1cccc(Oc2ccccc2)c1. The van der Waals surface area contributed by atoms with Crippen LogP contribution in [-0.2, 0) is 6.42 Å². The highest BCUT2D eigenvalue weighted by atomic mass is 16.5.